The number of anilines is 1. The molecule has 0 amide bonds. The number of rotatable bonds is 2. The van der Waals surface area contributed by atoms with Gasteiger partial charge in [0.15, 0.2) is 6.73 Å². The Hall–Kier alpha value is -2.31. The van der Waals surface area contributed by atoms with Gasteiger partial charge in [-0.1, -0.05) is 48.5 Å². The van der Waals surface area contributed by atoms with Gasteiger partial charge in [0.25, 0.3) is 0 Å². The molecule has 0 saturated heterocycles. The van der Waals surface area contributed by atoms with Gasteiger partial charge < -0.3 is 9.41 Å². The third-order valence-electron chi connectivity index (χ3n) is 5.04. The maximum atomic E-state index is 6.35. The van der Waals surface area contributed by atoms with Crippen molar-refractivity contribution >= 4 is 19.1 Å². The highest BCUT2D eigenvalue weighted by Crippen LogP contribution is 2.49. The van der Waals surface area contributed by atoms with Gasteiger partial charge in [0.1, 0.15) is 5.75 Å². The molecule has 1 aliphatic heterocycles. The van der Waals surface area contributed by atoms with Gasteiger partial charge in [-0.3, -0.25) is 0 Å². The molecule has 0 aliphatic carbocycles. The fourth-order valence-electron chi connectivity index (χ4n) is 3.75. The highest BCUT2D eigenvalue weighted by molar-refractivity contribution is 7.66. The van der Waals surface area contributed by atoms with Crippen molar-refractivity contribution < 1.29 is 4.74 Å². The molecule has 0 N–H and O–H groups in total. The summed E-state index contributed by atoms with van der Waals surface area (Å²) in [7, 11) is -0.494. The molecule has 0 bridgehead atoms. The number of nitrogens with zero attached hydrogens (tertiary/aromatic N) is 1. The van der Waals surface area contributed by atoms with Gasteiger partial charge >= 0.3 is 0 Å². The number of hydrogen-bond donors (Lipinski definition) is 0. The maximum Gasteiger partial charge on any atom is 0.164 e. The van der Waals surface area contributed by atoms with Crippen molar-refractivity contribution in [2.45, 2.75) is 20.8 Å². The molecule has 0 radical (unpaired) electrons. The van der Waals surface area contributed by atoms with Gasteiger partial charge in [-0.2, -0.15) is 0 Å². The summed E-state index contributed by atoms with van der Waals surface area (Å²) in [5.74, 6) is 1.05. The molecule has 4 rings (SSSR count). The average molecular weight is 361 g/mol. The van der Waals surface area contributed by atoms with Crippen molar-refractivity contribution in [1.82, 2.24) is 0 Å². The monoisotopic (exact) mass is 361 g/mol. The minimum absolute atomic E-state index is 0.494. The molecule has 2 nitrogen and oxygen atoms in total. The van der Waals surface area contributed by atoms with Gasteiger partial charge in [0.2, 0.25) is 0 Å². The average Bonchev–Trinajstić information content (AvgIpc) is 2.64. The standard InChI is InChI=1S/C23H24NOP/c1-16-13-20(19-11-6-5-7-12-19)23-21(14-16)26(4)24(15-25-23)22-17(2)9-8-10-18(22)3/h5-14H,15H2,1-4H3. The van der Waals surface area contributed by atoms with E-state index < -0.39 is 8.07 Å². The van der Waals surface area contributed by atoms with E-state index in [1.54, 1.807) is 0 Å². The maximum absolute atomic E-state index is 6.35. The Balaban J connectivity index is 1.83. The zero-order valence-electron chi connectivity index (χ0n) is 15.8. The molecule has 1 atom stereocenters. The summed E-state index contributed by atoms with van der Waals surface area (Å²) in [4.78, 5) is 0. The van der Waals surface area contributed by atoms with Gasteiger partial charge in [-0.15, -0.1) is 0 Å². The molecule has 1 unspecified atom stereocenters. The third kappa shape index (κ3) is 2.89. The minimum Gasteiger partial charge on any atom is -0.471 e. The smallest absolute Gasteiger partial charge is 0.164 e. The molecule has 0 spiro atoms. The largest absolute Gasteiger partial charge is 0.471 e. The first-order chi connectivity index (χ1) is 12.6. The lowest BCUT2D eigenvalue weighted by Crippen LogP contribution is -2.34. The Morgan fingerprint density at radius 3 is 2.27 bits per heavy atom. The van der Waals surface area contributed by atoms with E-state index in [4.69, 9.17) is 4.74 Å². The summed E-state index contributed by atoms with van der Waals surface area (Å²) in [6.45, 7) is 9.49. The van der Waals surface area contributed by atoms with Crippen LogP contribution in [0.25, 0.3) is 11.1 Å². The van der Waals surface area contributed by atoms with E-state index >= 15 is 0 Å². The molecule has 3 aromatic rings. The van der Waals surface area contributed by atoms with E-state index in [1.807, 2.05) is 0 Å². The van der Waals surface area contributed by atoms with Crippen molar-refractivity contribution in [1.29, 1.82) is 0 Å². The number of fused-ring (bicyclic) bond motifs is 1. The Morgan fingerprint density at radius 2 is 1.58 bits per heavy atom. The molecule has 132 valence electrons. The van der Waals surface area contributed by atoms with Crippen molar-refractivity contribution in [3.8, 4) is 16.9 Å². The van der Waals surface area contributed by atoms with Crippen LogP contribution in [0.3, 0.4) is 0 Å². The number of para-hydroxylation sites is 1. The summed E-state index contributed by atoms with van der Waals surface area (Å²) < 4.78 is 8.79. The second-order valence-electron chi connectivity index (χ2n) is 6.96. The number of aryl methyl sites for hydroxylation is 3. The fraction of sp³-hybridized carbons (Fsp3) is 0.217. The molecule has 26 heavy (non-hydrogen) atoms. The summed E-state index contributed by atoms with van der Waals surface area (Å²) in [5.41, 5.74) is 7.63. The van der Waals surface area contributed by atoms with E-state index in [0.717, 1.165) is 5.75 Å². The normalized spacial score (nSPS) is 16.2. The van der Waals surface area contributed by atoms with E-state index in [2.05, 4.69) is 92.8 Å². The highest BCUT2D eigenvalue weighted by atomic mass is 31.1. The lowest BCUT2D eigenvalue weighted by atomic mass is 10.0. The number of benzene rings is 3. The predicted octanol–water partition coefficient (Wildman–Crippen LogP) is 5.79. The first-order valence-corrected chi connectivity index (χ1v) is 10.7. The zero-order valence-corrected chi connectivity index (χ0v) is 16.7. The molecule has 0 saturated carbocycles. The topological polar surface area (TPSA) is 12.5 Å². The molecular formula is C23H24NOP. The van der Waals surface area contributed by atoms with E-state index in [9.17, 15) is 0 Å². The predicted molar refractivity (Wildman–Crippen MR) is 113 cm³/mol. The van der Waals surface area contributed by atoms with Gasteiger partial charge in [-0.25, -0.2) is 0 Å². The van der Waals surface area contributed by atoms with E-state index in [0.29, 0.717) is 6.73 Å². The first-order valence-electron chi connectivity index (χ1n) is 8.96. The van der Waals surface area contributed by atoms with Gasteiger partial charge in [0, 0.05) is 24.6 Å². The molecule has 3 aromatic carbocycles. The zero-order chi connectivity index (χ0) is 18.3. The van der Waals surface area contributed by atoms with Crippen LogP contribution in [0.5, 0.6) is 5.75 Å². The Bertz CT molecular complexity index is 932. The van der Waals surface area contributed by atoms with Crippen LogP contribution in [0.15, 0.2) is 60.7 Å². The summed E-state index contributed by atoms with van der Waals surface area (Å²) in [5, 5.41) is 1.33. The Kier molecular flexibility index (Phi) is 4.46. The highest BCUT2D eigenvalue weighted by Gasteiger charge is 2.29. The minimum atomic E-state index is -0.494. The second kappa shape index (κ2) is 6.78. The lowest BCUT2D eigenvalue weighted by molar-refractivity contribution is 0.332. The van der Waals surface area contributed by atoms with E-state index in [-0.39, 0.29) is 0 Å². The van der Waals surface area contributed by atoms with Crippen LogP contribution in [0, 0.1) is 20.8 Å². The van der Waals surface area contributed by atoms with Crippen molar-refractivity contribution in [2.75, 3.05) is 18.1 Å². The van der Waals surface area contributed by atoms with Gasteiger partial charge in [0.05, 0.1) is 0 Å². The molecule has 1 aliphatic rings. The SMILES string of the molecule is Cc1cc(-c2ccccc2)c2c(c1)P(C)N(c1c(C)cccc1C)CO2. The molecule has 0 fully saturated rings. The molecule has 3 heteroatoms. The van der Waals surface area contributed by atoms with E-state index in [1.165, 1.54) is 38.8 Å². The summed E-state index contributed by atoms with van der Waals surface area (Å²) >= 11 is 0. The van der Waals surface area contributed by atoms with Crippen LogP contribution < -0.4 is 14.7 Å². The fourth-order valence-corrected chi connectivity index (χ4v) is 5.72. The van der Waals surface area contributed by atoms with Crippen LogP contribution in [0.1, 0.15) is 16.7 Å². The van der Waals surface area contributed by atoms with Crippen molar-refractivity contribution in [3.05, 3.63) is 77.4 Å². The van der Waals surface area contributed by atoms with Crippen molar-refractivity contribution in [3.63, 3.8) is 0 Å². The third-order valence-corrected chi connectivity index (χ3v) is 7.11. The number of hydrogen-bond acceptors (Lipinski definition) is 2. The van der Waals surface area contributed by atoms with Gasteiger partial charge in [-0.05, 0) is 61.8 Å². The van der Waals surface area contributed by atoms with Crippen LogP contribution in [0.4, 0.5) is 5.69 Å². The van der Waals surface area contributed by atoms with Crippen LogP contribution in [0.2, 0.25) is 0 Å². The van der Waals surface area contributed by atoms with Crippen LogP contribution in [-0.2, 0) is 0 Å². The Labute approximate surface area is 157 Å². The molecule has 1 heterocycles. The quantitative estimate of drug-likeness (QED) is 0.536. The van der Waals surface area contributed by atoms with Crippen LogP contribution in [-0.4, -0.2) is 13.4 Å². The number of ether oxygens (including phenoxy) is 1. The summed E-state index contributed by atoms with van der Waals surface area (Å²) in [6, 6.07) is 21.6. The molecule has 0 aromatic heterocycles. The second-order valence-corrected chi connectivity index (χ2v) is 8.98. The van der Waals surface area contributed by atoms with Crippen molar-refractivity contribution in [2.24, 2.45) is 0 Å². The van der Waals surface area contributed by atoms with Crippen LogP contribution >= 0.6 is 8.07 Å². The first kappa shape index (κ1) is 17.1. The molecular weight excluding hydrogens is 337 g/mol. The Morgan fingerprint density at radius 1 is 0.885 bits per heavy atom. The summed E-state index contributed by atoms with van der Waals surface area (Å²) in [6.07, 6.45) is 0. The lowest BCUT2D eigenvalue weighted by Gasteiger charge is -2.39.